The molecule has 22 heavy (non-hydrogen) atoms. The van der Waals surface area contributed by atoms with Gasteiger partial charge in [0.05, 0.1) is 6.04 Å². The molecule has 0 spiro atoms. The third-order valence-electron chi connectivity index (χ3n) is 3.99. The molecule has 1 unspecified atom stereocenters. The molecule has 3 nitrogen and oxygen atoms in total. The summed E-state index contributed by atoms with van der Waals surface area (Å²) in [6.45, 7) is 3.67. The number of nitrogens with zero attached hydrogens (tertiary/aromatic N) is 1. The van der Waals surface area contributed by atoms with Crippen LogP contribution in [-0.4, -0.2) is 29.9 Å². The summed E-state index contributed by atoms with van der Waals surface area (Å²) in [5, 5.41) is 0.745. The zero-order valence-corrected chi connectivity index (χ0v) is 14.7. The van der Waals surface area contributed by atoms with E-state index >= 15 is 0 Å². The molecule has 2 N–H and O–H groups in total. The van der Waals surface area contributed by atoms with E-state index in [1.165, 1.54) is 18.4 Å². The average molecular weight is 345 g/mol. The molecule has 1 aliphatic rings. The monoisotopic (exact) mass is 344 g/mol. The van der Waals surface area contributed by atoms with E-state index < -0.39 is 0 Å². The second-order valence-electron chi connectivity index (χ2n) is 6.00. The quantitative estimate of drug-likeness (QED) is 0.781. The standard InChI is InChI=1S/C17H25ClN2O.ClH/c1-2-3-16(19)17(21)20(12-14-4-5-14)11-10-13-6-8-15(18)9-7-13;/h6-9,14,16H,2-5,10-12,19H2,1H3;1H. The number of carbonyl (C=O) groups is 1. The Morgan fingerprint density at radius 3 is 2.55 bits per heavy atom. The van der Waals surface area contributed by atoms with Crippen LogP contribution in [0.2, 0.25) is 5.02 Å². The summed E-state index contributed by atoms with van der Waals surface area (Å²) in [4.78, 5) is 14.4. The van der Waals surface area contributed by atoms with E-state index in [0.717, 1.165) is 37.4 Å². The molecule has 1 amide bonds. The molecule has 0 bridgehead atoms. The molecule has 1 atom stereocenters. The third-order valence-corrected chi connectivity index (χ3v) is 4.24. The van der Waals surface area contributed by atoms with Crippen molar-refractivity contribution in [3.8, 4) is 0 Å². The van der Waals surface area contributed by atoms with E-state index in [-0.39, 0.29) is 24.4 Å². The summed E-state index contributed by atoms with van der Waals surface area (Å²) in [6.07, 6.45) is 5.05. The van der Waals surface area contributed by atoms with E-state index in [1.54, 1.807) is 0 Å². The van der Waals surface area contributed by atoms with Crippen molar-refractivity contribution in [3.05, 3.63) is 34.9 Å². The Labute approximate surface area is 144 Å². The van der Waals surface area contributed by atoms with Gasteiger partial charge in [-0.05, 0) is 49.3 Å². The molecule has 0 saturated heterocycles. The number of halogens is 2. The Hall–Kier alpha value is -0.770. The molecule has 5 heteroatoms. The molecule has 0 heterocycles. The largest absolute Gasteiger partial charge is 0.341 e. The van der Waals surface area contributed by atoms with Crippen molar-refractivity contribution in [1.29, 1.82) is 0 Å². The molecular formula is C17H26Cl2N2O. The van der Waals surface area contributed by atoms with Crippen molar-refractivity contribution in [2.24, 2.45) is 11.7 Å². The first-order valence-electron chi connectivity index (χ1n) is 7.89. The fourth-order valence-corrected chi connectivity index (χ4v) is 2.61. The third kappa shape index (κ3) is 6.15. The minimum absolute atomic E-state index is 0. The second kappa shape index (κ2) is 9.39. The fraction of sp³-hybridized carbons (Fsp3) is 0.588. The highest BCUT2D eigenvalue weighted by Crippen LogP contribution is 2.30. The average Bonchev–Trinajstić information content (AvgIpc) is 3.28. The first kappa shape index (κ1) is 19.3. The molecule has 1 aromatic rings. The molecule has 1 fully saturated rings. The van der Waals surface area contributed by atoms with Gasteiger partial charge >= 0.3 is 0 Å². The van der Waals surface area contributed by atoms with Gasteiger partial charge in [-0.1, -0.05) is 37.1 Å². The van der Waals surface area contributed by atoms with Crippen LogP contribution in [0.1, 0.15) is 38.2 Å². The van der Waals surface area contributed by atoms with Gasteiger partial charge < -0.3 is 10.6 Å². The summed E-state index contributed by atoms with van der Waals surface area (Å²) in [5.41, 5.74) is 7.21. The van der Waals surface area contributed by atoms with Crippen LogP contribution in [0.5, 0.6) is 0 Å². The topological polar surface area (TPSA) is 46.3 Å². The van der Waals surface area contributed by atoms with Gasteiger partial charge in [0, 0.05) is 18.1 Å². The number of benzene rings is 1. The number of nitrogens with two attached hydrogens (primary N) is 1. The van der Waals surface area contributed by atoms with E-state index in [4.69, 9.17) is 17.3 Å². The van der Waals surface area contributed by atoms with E-state index in [2.05, 4.69) is 6.92 Å². The highest BCUT2D eigenvalue weighted by molar-refractivity contribution is 6.30. The number of hydrogen-bond donors (Lipinski definition) is 1. The van der Waals surface area contributed by atoms with Crippen LogP contribution in [0.4, 0.5) is 0 Å². The molecule has 0 aliphatic heterocycles. The van der Waals surface area contributed by atoms with Crippen LogP contribution < -0.4 is 5.73 Å². The molecule has 0 radical (unpaired) electrons. The number of amides is 1. The lowest BCUT2D eigenvalue weighted by molar-refractivity contribution is -0.133. The highest BCUT2D eigenvalue weighted by atomic mass is 35.5. The van der Waals surface area contributed by atoms with E-state index in [9.17, 15) is 4.79 Å². The zero-order valence-electron chi connectivity index (χ0n) is 13.1. The summed E-state index contributed by atoms with van der Waals surface area (Å²) in [5.74, 6) is 0.797. The minimum atomic E-state index is -0.348. The Balaban J connectivity index is 0.00000242. The number of hydrogen-bond acceptors (Lipinski definition) is 2. The van der Waals surface area contributed by atoms with Gasteiger partial charge in [0.25, 0.3) is 0 Å². The van der Waals surface area contributed by atoms with Crippen LogP contribution in [0.25, 0.3) is 0 Å². The fourth-order valence-electron chi connectivity index (χ4n) is 2.49. The summed E-state index contributed by atoms with van der Waals surface area (Å²) in [7, 11) is 0. The van der Waals surface area contributed by atoms with Gasteiger partial charge in [-0.3, -0.25) is 4.79 Å². The first-order chi connectivity index (χ1) is 10.1. The van der Waals surface area contributed by atoms with Crippen molar-refractivity contribution < 1.29 is 4.79 Å². The van der Waals surface area contributed by atoms with Crippen LogP contribution in [0.3, 0.4) is 0 Å². The maximum Gasteiger partial charge on any atom is 0.239 e. The van der Waals surface area contributed by atoms with Gasteiger partial charge in [0.2, 0.25) is 5.91 Å². The lowest BCUT2D eigenvalue weighted by atomic mass is 10.1. The van der Waals surface area contributed by atoms with Crippen LogP contribution in [0.15, 0.2) is 24.3 Å². The Bertz CT molecular complexity index is 460. The SMILES string of the molecule is CCCC(N)C(=O)N(CCc1ccc(Cl)cc1)CC1CC1.Cl. The van der Waals surface area contributed by atoms with Crippen LogP contribution >= 0.6 is 24.0 Å². The maximum atomic E-state index is 12.5. The van der Waals surface area contributed by atoms with Gasteiger partial charge in [-0.15, -0.1) is 12.4 Å². The van der Waals surface area contributed by atoms with E-state index in [1.807, 2.05) is 29.2 Å². The van der Waals surface area contributed by atoms with Gasteiger partial charge in [-0.25, -0.2) is 0 Å². The molecule has 1 saturated carbocycles. The second-order valence-corrected chi connectivity index (χ2v) is 6.44. The minimum Gasteiger partial charge on any atom is -0.341 e. The molecule has 1 aromatic carbocycles. The van der Waals surface area contributed by atoms with Crippen molar-refractivity contribution in [2.45, 2.75) is 45.1 Å². The zero-order chi connectivity index (χ0) is 15.2. The molecule has 2 rings (SSSR count). The molecular weight excluding hydrogens is 319 g/mol. The molecule has 1 aliphatic carbocycles. The summed E-state index contributed by atoms with van der Waals surface area (Å²) >= 11 is 5.90. The van der Waals surface area contributed by atoms with Crippen molar-refractivity contribution >= 4 is 29.9 Å². The van der Waals surface area contributed by atoms with Gasteiger partial charge in [0.1, 0.15) is 0 Å². The molecule has 124 valence electrons. The van der Waals surface area contributed by atoms with Crippen molar-refractivity contribution in [1.82, 2.24) is 4.90 Å². The lowest BCUT2D eigenvalue weighted by Crippen LogP contribution is -2.45. The van der Waals surface area contributed by atoms with Gasteiger partial charge in [0.15, 0.2) is 0 Å². The first-order valence-corrected chi connectivity index (χ1v) is 8.26. The van der Waals surface area contributed by atoms with Crippen LogP contribution in [-0.2, 0) is 11.2 Å². The number of rotatable bonds is 8. The van der Waals surface area contributed by atoms with Crippen LogP contribution in [0, 0.1) is 5.92 Å². The summed E-state index contributed by atoms with van der Waals surface area (Å²) in [6, 6.07) is 7.49. The summed E-state index contributed by atoms with van der Waals surface area (Å²) < 4.78 is 0. The predicted octanol–water partition coefficient (Wildman–Crippen LogP) is 3.67. The van der Waals surface area contributed by atoms with E-state index in [0.29, 0.717) is 5.92 Å². The lowest BCUT2D eigenvalue weighted by Gasteiger charge is -2.26. The Morgan fingerprint density at radius 1 is 1.36 bits per heavy atom. The Morgan fingerprint density at radius 2 is 2.00 bits per heavy atom. The maximum absolute atomic E-state index is 12.5. The Kier molecular flexibility index (Phi) is 8.23. The number of carbonyl (C=O) groups excluding carboxylic acids is 1. The van der Waals surface area contributed by atoms with Gasteiger partial charge in [-0.2, -0.15) is 0 Å². The smallest absolute Gasteiger partial charge is 0.239 e. The van der Waals surface area contributed by atoms with Crippen molar-refractivity contribution in [3.63, 3.8) is 0 Å². The highest BCUT2D eigenvalue weighted by Gasteiger charge is 2.28. The van der Waals surface area contributed by atoms with Crippen molar-refractivity contribution in [2.75, 3.05) is 13.1 Å². The molecule has 0 aromatic heterocycles. The normalized spacial score (nSPS) is 15.0. The predicted molar refractivity (Wildman–Crippen MR) is 94.6 cm³/mol.